The minimum Gasteiger partial charge on any atom is -0.320 e. The highest BCUT2D eigenvalue weighted by molar-refractivity contribution is 7.18. The second kappa shape index (κ2) is 6.73. The number of aryl methyl sites for hydroxylation is 1. The summed E-state index contributed by atoms with van der Waals surface area (Å²) < 4.78 is 3.33. The summed E-state index contributed by atoms with van der Waals surface area (Å²) in [5.41, 5.74) is 1.99. The lowest BCUT2D eigenvalue weighted by atomic mass is 10.1. The van der Waals surface area contributed by atoms with Gasteiger partial charge in [0.05, 0.1) is 5.39 Å². The van der Waals surface area contributed by atoms with Gasteiger partial charge in [0.25, 0.3) is 5.91 Å². The SMILES string of the molecule is Cc1sc2ccc3ccccc3c2[n+]1CC(=O)Nc1cccc2ccccc12. The summed E-state index contributed by atoms with van der Waals surface area (Å²) in [6.07, 6.45) is 0. The van der Waals surface area contributed by atoms with Crippen molar-refractivity contribution in [3.8, 4) is 0 Å². The van der Waals surface area contributed by atoms with Crippen molar-refractivity contribution in [2.45, 2.75) is 13.5 Å². The van der Waals surface area contributed by atoms with Crippen LogP contribution in [0.5, 0.6) is 0 Å². The number of nitrogens with one attached hydrogen (secondary N) is 1. The molecule has 0 atom stereocenters. The Bertz CT molecular complexity index is 1350. The standard InChI is InChI=1S/C24H18N2OS/c1-16-26(24-20-11-5-3-8-18(20)13-14-22(24)28-16)15-23(27)25-21-12-6-9-17-7-2-4-10-19(17)21/h2-14H,15H2,1H3/p+1. The molecule has 1 heterocycles. The Hall–Kier alpha value is -3.24. The van der Waals surface area contributed by atoms with Gasteiger partial charge in [-0.1, -0.05) is 72.0 Å². The molecule has 1 aromatic heterocycles. The number of anilines is 1. The molecule has 4 heteroatoms. The average molecular weight is 383 g/mol. The molecule has 0 fully saturated rings. The van der Waals surface area contributed by atoms with Crippen LogP contribution in [0.1, 0.15) is 5.01 Å². The van der Waals surface area contributed by atoms with Gasteiger partial charge in [0.2, 0.25) is 17.1 Å². The summed E-state index contributed by atoms with van der Waals surface area (Å²) in [5.74, 6) is -0.0166. The van der Waals surface area contributed by atoms with E-state index in [0.717, 1.165) is 27.0 Å². The highest BCUT2D eigenvalue weighted by Crippen LogP contribution is 2.28. The minimum absolute atomic E-state index is 0.0166. The Kier molecular flexibility index (Phi) is 4.06. The molecule has 1 amide bonds. The number of amides is 1. The molecular formula is C24H19N2OS+. The molecule has 28 heavy (non-hydrogen) atoms. The third-order valence-electron chi connectivity index (χ3n) is 5.14. The predicted octanol–water partition coefficient (Wildman–Crippen LogP) is 5.44. The van der Waals surface area contributed by atoms with Crippen LogP contribution in [0.3, 0.4) is 0 Å². The first kappa shape index (κ1) is 16.9. The molecule has 0 unspecified atom stereocenters. The van der Waals surface area contributed by atoms with Gasteiger partial charge in [0, 0.05) is 18.0 Å². The zero-order valence-electron chi connectivity index (χ0n) is 15.5. The van der Waals surface area contributed by atoms with Crippen LogP contribution in [0.15, 0.2) is 78.9 Å². The number of hydrogen-bond donors (Lipinski definition) is 1. The maximum Gasteiger partial charge on any atom is 0.290 e. The first-order valence-corrected chi connectivity index (χ1v) is 10.1. The van der Waals surface area contributed by atoms with Gasteiger partial charge in [-0.15, -0.1) is 0 Å². The summed E-state index contributed by atoms with van der Waals surface area (Å²) in [4.78, 5) is 12.9. The number of benzene rings is 4. The number of carbonyl (C=O) groups is 1. The first-order valence-electron chi connectivity index (χ1n) is 9.29. The summed E-state index contributed by atoms with van der Waals surface area (Å²) >= 11 is 1.73. The Morgan fingerprint density at radius 1 is 0.857 bits per heavy atom. The number of rotatable bonds is 3. The van der Waals surface area contributed by atoms with Crippen molar-refractivity contribution in [1.29, 1.82) is 0 Å². The second-order valence-electron chi connectivity index (χ2n) is 6.92. The normalized spacial score (nSPS) is 11.3. The highest BCUT2D eigenvalue weighted by Gasteiger charge is 2.22. The van der Waals surface area contributed by atoms with Gasteiger partial charge >= 0.3 is 0 Å². The molecule has 0 aliphatic carbocycles. The van der Waals surface area contributed by atoms with Crippen LogP contribution in [-0.4, -0.2) is 5.91 Å². The molecule has 0 spiro atoms. The van der Waals surface area contributed by atoms with Crippen molar-refractivity contribution in [3.63, 3.8) is 0 Å². The van der Waals surface area contributed by atoms with Gasteiger partial charge in [-0.2, -0.15) is 4.57 Å². The van der Waals surface area contributed by atoms with Crippen LogP contribution in [0.2, 0.25) is 0 Å². The molecule has 0 aliphatic rings. The lowest BCUT2D eigenvalue weighted by molar-refractivity contribution is -0.658. The van der Waals surface area contributed by atoms with E-state index in [0.29, 0.717) is 6.54 Å². The van der Waals surface area contributed by atoms with E-state index in [-0.39, 0.29) is 5.91 Å². The predicted molar refractivity (Wildman–Crippen MR) is 117 cm³/mol. The van der Waals surface area contributed by atoms with Crippen molar-refractivity contribution >= 4 is 54.7 Å². The quantitative estimate of drug-likeness (QED) is 0.413. The van der Waals surface area contributed by atoms with Gasteiger partial charge in [-0.3, -0.25) is 4.79 Å². The van der Waals surface area contributed by atoms with E-state index in [2.05, 4.69) is 59.3 Å². The molecule has 3 nitrogen and oxygen atoms in total. The van der Waals surface area contributed by atoms with Crippen LogP contribution in [-0.2, 0) is 11.3 Å². The first-order chi connectivity index (χ1) is 13.7. The average Bonchev–Trinajstić information content (AvgIpc) is 3.04. The van der Waals surface area contributed by atoms with Crippen molar-refractivity contribution < 1.29 is 9.36 Å². The van der Waals surface area contributed by atoms with E-state index in [1.165, 1.54) is 15.5 Å². The van der Waals surface area contributed by atoms with E-state index in [1.807, 2.05) is 36.4 Å². The van der Waals surface area contributed by atoms with Crippen LogP contribution >= 0.6 is 11.3 Å². The fraction of sp³-hybridized carbons (Fsp3) is 0.0833. The zero-order valence-corrected chi connectivity index (χ0v) is 16.3. The number of hydrogen-bond acceptors (Lipinski definition) is 2. The van der Waals surface area contributed by atoms with Gasteiger partial charge in [-0.25, -0.2) is 0 Å². The molecule has 1 N–H and O–H groups in total. The minimum atomic E-state index is -0.0166. The van der Waals surface area contributed by atoms with E-state index in [4.69, 9.17) is 0 Å². The number of aromatic nitrogens is 1. The molecule has 5 aromatic rings. The van der Waals surface area contributed by atoms with Gasteiger partial charge in [-0.05, 0) is 29.0 Å². The lowest BCUT2D eigenvalue weighted by Gasteiger charge is -2.07. The highest BCUT2D eigenvalue weighted by atomic mass is 32.1. The molecular weight excluding hydrogens is 364 g/mol. The summed E-state index contributed by atoms with van der Waals surface area (Å²) in [6, 6.07) is 26.7. The Morgan fingerprint density at radius 2 is 1.54 bits per heavy atom. The summed E-state index contributed by atoms with van der Waals surface area (Å²) in [5, 5.41) is 8.78. The van der Waals surface area contributed by atoms with E-state index < -0.39 is 0 Å². The molecule has 0 saturated carbocycles. The van der Waals surface area contributed by atoms with Gasteiger partial charge in [0.15, 0.2) is 0 Å². The van der Waals surface area contributed by atoms with Crippen molar-refractivity contribution in [1.82, 2.24) is 0 Å². The van der Waals surface area contributed by atoms with Crippen molar-refractivity contribution in [2.75, 3.05) is 5.32 Å². The third kappa shape index (κ3) is 2.83. The maximum atomic E-state index is 12.9. The fourth-order valence-electron chi connectivity index (χ4n) is 3.83. The largest absolute Gasteiger partial charge is 0.320 e. The number of fused-ring (bicyclic) bond motifs is 4. The van der Waals surface area contributed by atoms with Crippen molar-refractivity contribution in [3.05, 3.63) is 83.9 Å². The smallest absolute Gasteiger partial charge is 0.290 e. The van der Waals surface area contributed by atoms with E-state index >= 15 is 0 Å². The van der Waals surface area contributed by atoms with Crippen molar-refractivity contribution in [2.24, 2.45) is 0 Å². The number of thiazole rings is 1. The number of carbonyl (C=O) groups excluding carboxylic acids is 1. The van der Waals surface area contributed by atoms with E-state index in [9.17, 15) is 4.79 Å². The molecule has 0 aliphatic heterocycles. The van der Waals surface area contributed by atoms with Crippen LogP contribution < -0.4 is 9.88 Å². The number of nitrogens with zero attached hydrogens (tertiary/aromatic N) is 1. The van der Waals surface area contributed by atoms with E-state index in [1.54, 1.807) is 11.3 Å². The second-order valence-corrected chi connectivity index (χ2v) is 8.15. The molecule has 0 radical (unpaired) electrons. The summed E-state index contributed by atoms with van der Waals surface area (Å²) in [7, 11) is 0. The van der Waals surface area contributed by atoms with Gasteiger partial charge in [0.1, 0.15) is 4.70 Å². The monoisotopic (exact) mass is 383 g/mol. The van der Waals surface area contributed by atoms with Crippen LogP contribution in [0.25, 0.3) is 31.8 Å². The maximum absolute atomic E-state index is 12.9. The Balaban J connectivity index is 1.54. The zero-order chi connectivity index (χ0) is 19.1. The van der Waals surface area contributed by atoms with Crippen LogP contribution in [0, 0.1) is 6.92 Å². The topological polar surface area (TPSA) is 33.0 Å². The fourth-order valence-corrected chi connectivity index (χ4v) is 4.86. The lowest BCUT2D eigenvalue weighted by Crippen LogP contribution is -2.41. The van der Waals surface area contributed by atoms with Crippen LogP contribution in [0.4, 0.5) is 5.69 Å². The molecule has 5 rings (SSSR count). The molecule has 4 aromatic carbocycles. The van der Waals surface area contributed by atoms with Gasteiger partial charge < -0.3 is 5.32 Å². The molecule has 0 saturated heterocycles. The Labute approximate surface area is 166 Å². The summed E-state index contributed by atoms with van der Waals surface area (Å²) in [6.45, 7) is 2.37. The molecule has 136 valence electrons. The Morgan fingerprint density at radius 3 is 2.36 bits per heavy atom. The third-order valence-corrected chi connectivity index (χ3v) is 6.20. The molecule has 0 bridgehead atoms.